The van der Waals surface area contributed by atoms with Crippen LogP contribution in [0.3, 0.4) is 0 Å². The highest BCUT2D eigenvalue weighted by Gasteiger charge is 2.26. The summed E-state index contributed by atoms with van der Waals surface area (Å²) >= 11 is 18.7. The second-order valence-corrected chi connectivity index (χ2v) is 11.5. The predicted molar refractivity (Wildman–Crippen MR) is 166 cm³/mol. The average molecular weight is 632 g/mol. The molecular formula is C30H33Cl3N6O3. The van der Waals surface area contributed by atoms with Gasteiger partial charge in [-0.1, -0.05) is 53.0 Å². The lowest BCUT2D eigenvalue weighted by Crippen LogP contribution is -2.47. The summed E-state index contributed by atoms with van der Waals surface area (Å²) in [5, 5.41) is 10.2. The van der Waals surface area contributed by atoms with E-state index in [4.69, 9.17) is 39.5 Å². The van der Waals surface area contributed by atoms with Crippen LogP contribution in [0.5, 0.6) is 0 Å². The lowest BCUT2D eigenvalue weighted by molar-refractivity contribution is -0.131. The maximum atomic E-state index is 13.6. The van der Waals surface area contributed by atoms with Gasteiger partial charge in [-0.3, -0.25) is 14.5 Å². The van der Waals surface area contributed by atoms with Crippen molar-refractivity contribution in [3.05, 3.63) is 75.2 Å². The monoisotopic (exact) mass is 630 g/mol. The van der Waals surface area contributed by atoms with Crippen molar-refractivity contribution in [3.63, 3.8) is 0 Å². The van der Waals surface area contributed by atoms with E-state index in [0.717, 1.165) is 37.4 Å². The predicted octanol–water partition coefficient (Wildman–Crippen LogP) is 4.62. The molecule has 0 unspecified atom stereocenters. The summed E-state index contributed by atoms with van der Waals surface area (Å²) in [6, 6.07) is 16.2. The molecule has 2 saturated heterocycles. The molecule has 2 aliphatic rings. The quantitative estimate of drug-likeness (QED) is 0.359. The lowest BCUT2D eigenvalue weighted by Gasteiger charge is -2.31. The maximum absolute atomic E-state index is 13.6. The Kier molecular flexibility index (Phi) is 10.5. The molecule has 0 saturated carbocycles. The number of carbonyl (C=O) groups is 2. The van der Waals surface area contributed by atoms with Crippen molar-refractivity contribution in [1.29, 1.82) is 0 Å². The molecule has 2 amide bonds. The van der Waals surface area contributed by atoms with Crippen LogP contribution in [0.4, 0.5) is 5.82 Å². The largest absolute Gasteiger partial charge is 0.379 e. The fraction of sp³-hybridized carbons (Fsp3) is 0.400. The van der Waals surface area contributed by atoms with Gasteiger partial charge in [0.25, 0.3) is 5.91 Å². The average Bonchev–Trinajstić information content (AvgIpc) is 3.26. The van der Waals surface area contributed by atoms with Crippen molar-refractivity contribution in [2.45, 2.75) is 6.42 Å². The fourth-order valence-electron chi connectivity index (χ4n) is 5.14. The minimum atomic E-state index is -0.288. The van der Waals surface area contributed by atoms with Crippen LogP contribution < -0.4 is 4.90 Å². The number of aromatic nitrogens is 2. The van der Waals surface area contributed by atoms with Crippen LogP contribution in [0.2, 0.25) is 15.1 Å². The maximum Gasteiger partial charge on any atom is 0.255 e. The Bertz CT molecular complexity index is 1390. The molecule has 12 heteroatoms. The molecule has 0 radical (unpaired) electrons. The van der Waals surface area contributed by atoms with Gasteiger partial charge in [0.15, 0.2) is 5.82 Å². The van der Waals surface area contributed by atoms with Crippen molar-refractivity contribution < 1.29 is 14.3 Å². The summed E-state index contributed by atoms with van der Waals surface area (Å²) in [4.78, 5) is 34.9. The Morgan fingerprint density at radius 2 is 1.67 bits per heavy atom. The first-order chi connectivity index (χ1) is 20.4. The van der Waals surface area contributed by atoms with Crippen molar-refractivity contribution in [2.24, 2.45) is 0 Å². The Morgan fingerprint density at radius 1 is 0.857 bits per heavy atom. The Balaban J connectivity index is 1.23. The van der Waals surface area contributed by atoms with Crippen LogP contribution >= 0.6 is 34.8 Å². The third-order valence-corrected chi connectivity index (χ3v) is 8.41. The van der Waals surface area contributed by atoms with Crippen LogP contribution in [0, 0.1) is 0 Å². The van der Waals surface area contributed by atoms with Crippen molar-refractivity contribution in [2.75, 3.05) is 77.0 Å². The standard InChI is InChI=1S/C30H33Cl3N6O3/c31-22-6-7-24(26(33)20-22)30(41)39(13-12-36-16-18-42-19-17-36)21-29(40)38-11-3-10-37(14-15-38)28-9-8-27(34-35-28)23-4-1-2-5-25(23)32/h1-2,4-9,20H,3,10-19,21H2. The summed E-state index contributed by atoms with van der Waals surface area (Å²) in [5.74, 6) is 0.362. The molecule has 3 heterocycles. The van der Waals surface area contributed by atoms with Crippen LogP contribution in [0.15, 0.2) is 54.6 Å². The van der Waals surface area contributed by atoms with E-state index in [1.165, 1.54) is 0 Å². The first-order valence-electron chi connectivity index (χ1n) is 14.0. The molecule has 222 valence electrons. The van der Waals surface area contributed by atoms with Crippen LogP contribution in [-0.2, 0) is 9.53 Å². The van der Waals surface area contributed by atoms with E-state index in [9.17, 15) is 9.59 Å². The molecule has 2 aliphatic heterocycles. The summed E-state index contributed by atoms with van der Waals surface area (Å²) in [6.45, 7) is 6.37. The number of halogens is 3. The Hall–Kier alpha value is -2.95. The van der Waals surface area contributed by atoms with E-state index < -0.39 is 0 Å². The van der Waals surface area contributed by atoms with Gasteiger partial charge in [-0.05, 0) is 42.8 Å². The van der Waals surface area contributed by atoms with Gasteiger partial charge >= 0.3 is 0 Å². The normalized spacial score (nSPS) is 16.3. The molecule has 0 spiro atoms. The molecule has 3 aromatic rings. The number of morpholine rings is 1. The Labute approximate surface area is 260 Å². The minimum absolute atomic E-state index is 0.0333. The van der Waals surface area contributed by atoms with E-state index in [0.29, 0.717) is 67.2 Å². The number of carbonyl (C=O) groups excluding carboxylic acids is 2. The molecule has 1 aromatic heterocycles. The third kappa shape index (κ3) is 7.71. The van der Waals surface area contributed by atoms with E-state index in [1.54, 1.807) is 23.1 Å². The first-order valence-corrected chi connectivity index (χ1v) is 15.2. The molecule has 0 N–H and O–H groups in total. The number of hydrogen-bond acceptors (Lipinski definition) is 7. The zero-order chi connectivity index (χ0) is 29.5. The molecular weight excluding hydrogens is 599 g/mol. The van der Waals surface area contributed by atoms with Gasteiger partial charge in [-0.2, -0.15) is 0 Å². The van der Waals surface area contributed by atoms with E-state index in [-0.39, 0.29) is 23.4 Å². The van der Waals surface area contributed by atoms with E-state index in [2.05, 4.69) is 20.0 Å². The number of rotatable bonds is 8. The second kappa shape index (κ2) is 14.5. The van der Waals surface area contributed by atoms with Gasteiger partial charge in [-0.25, -0.2) is 0 Å². The topological polar surface area (TPSA) is 82.1 Å². The number of hydrogen-bond donors (Lipinski definition) is 0. The number of benzene rings is 2. The van der Waals surface area contributed by atoms with Crippen molar-refractivity contribution >= 4 is 52.4 Å². The summed E-state index contributed by atoms with van der Waals surface area (Å²) in [7, 11) is 0. The highest BCUT2D eigenvalue weighted by molar-refractivity contribution is 6.36. The summed E-state index contributed by atoms with van der Waals surface area (Å²) in [6.07, 6.45) is 0.768. The Morgan fingerprint density at radius 3 is 2.40 bits per heavy atom. The highest BCUT2D eigenvalue weighted by atomic mass is 35.5. The van der Waals surface area contributed by atoms with Gasteiger partial charge in [-0.15, -0.1) is 10.2 Å². The molecule has 5 rings (SSSR count). The summed E-state index contributed by atoms with van der Waals surface area (Å²) in [5.41, 5.74) is 1.87. The molecule has 42 heavy (non-hydrogen) atoms. The summed E-state index contributed by atoms with van der Waals surface area (Å²) < 4.78 is 5.45. The number of ether oxygens (including phenoxy) is 1. The zero-order valence-corrected chi connectivity index (χ0v) is 25.5. The third-order valence-electron chi connectivity index (χ3n) is 7.54. The molecule has 2 fully saturated rings. The minimum Gasteiger partial charge on any atom is -0.379 e. The highest BCUT2D eigenvalue weighted by Crippen LogP contribution is 2.27. The van der Waals surface area contributed by atoms with Gasteiger partial charge in [0.1, 0.15) is 6.54 Å². The first kappa shape index (κ1) is 30.5. The molecule has 2 aromatic carbocycles. The van der Waals surface area contributed by atoms with Crippen LogP contribution in [0.1, 0.15) is 16.8 Å². The van der Waals surface area contributed by atoms with Crippen molar-refractivity contribution in [3.8, 4) is 11.3 Å². The second-order valence-electron chi connectivity index (χ2n) is 10.3. The van der Waals surface area contributed by atoms with Crippen molar-refractivity contribution in [1.82, 2.24) is 24.9 Å². The van der Waals surface area contributed by atoms with Gasteiger partial charge in [0.2, 0.25) is 5.91 Å². The van der Waals surface area contributed by atoms with Crippen LogP contribution in [0.25, 0.3) is 11.3 Å². The molecule has 0 bridgehead atoms. The smallest absolute Gasteiger partial charge is 0.255 e. The SMILES string of the molecule is O=C(CN(CCN1CCOCC1)C(=O)c1ccc(Cl)cc1Cl)N1CCCN(c2ccc(-c3ccccc3Cl)nn2)CC1. The van der Waals surface area contributed by atoms with Gasteiger partial charge < -0.3 is 19.4 Å². The van der Waals surface area contributed by atoms with Gasteiger partial charge in [0, 0.05) is 62.9 Å². The van der Waals surface area contributed by atoms with E-state index in [1.807, 2.05) is 41.3 Å². The van der Waals surface area contributed by atoms with Gasteiger partial charge in [0.05, 0.1) is 34.5 Å². The van der Waals surface area contributed by atoms with Crippen LogP contribution in [-0.4, -0.2) is 109 Å². The number of amides is 2. The fourth-order valence-corrected chi connectivity index (χ4v) is 5.86. The number of anilines is 1. The number of nitrogens with zero attached hydrogens (tertiary/aromatic N) is 6. The molecule has 9 nitrogen and oxygen atoms in total. The van der Waals surface area contributed by atoms with E-state index >= 15 is 0 Å². The lowest BCUT2D eigenvalue weighted by atomic mass is 10.1. The molecule has 0 aliphatic carbocycles. The zero-order valence-electron chi connectivity index (χ0n) is 23.2. The molecule has 0 atom stereocenters.